The summed E-state index contributed by atoms with van der Waals surface area (Å²) in [5, 5.41) is 10.1. The number of carbonyl (C=O) groups is 1. The van der Waals surface area contributed by atoms with Gasteiger partial charge in [0, 0.05) is 5.56 Å². The third kappa shape index (κ3) is 5.64. The molecular weight excluding hydrogens is 493 g/mol. The zero-order valence-corrected chi connectivity index (χ0v) is 21.3. The van der Waals surface area contributed by atoms with Crippen LogP contribution < -0.4 is 4.74 Å². The summed E-state index contributed by atoms with van der Waals surface area (Å²) in [6.07, 6.45) is 2.71. The number of rotatable bonds is 8. The molecule has 38 heavy (non-hydrogen) atoms. The van der Waals surface area contributed by atoms with Crippen LogP contribution >= 0.6 is 0 Å². The molecule has 2 aliphatic rings. The minimum Gasteiger partial charge on any atom is -0.423 e. The summed E-state index contributed by atoms with van der Waals surface area (Å²) in [6, 6.07) is 14.5. The molecule has 7 heteroatoms. The van der Waals surface area contributed by atoms with Crippen molar-refractivity contribution in [2.75, 3.05) is 6.61 Å². The van der Waals surface area contributed by atoms with E-state index in [0.717, 1.165) is 12.0 Å². The third-order valence-electron chi connectivity index (χ3n) is 7.65. The molecule has 0 amide bonds. The maximum absolute atomic E-state index is 15.2. The van der Waals surface area contributed by atoms with E-state index in [0.29, 0.717) is 55.4 Å². The van der Waals surface area contributed by atoms with Gasteiger partial charge in [0.15, 0.2) is 23.2 Å². The molecular formula is C31H31F3O4. The van der Waals surface area contributed by atoms with Gasteiger partial charge in [-0.25, -0.2) is 13.2 Å². The van der Waals surface area contributed by atoms with E-state index in [-0.39, 0.29) is 23.3 Å². The molecule has 2 unspecified atom stereocenters. The van der Waals surface area contributed by atoms with Crippen molar-refractivity contribution in [2.24, 2.45) is 5.92 Å². The standard InChI is InChI=1S/C31H31F3O4/c1-2-3-26(35)20-8-4-18(5-9-20)23-13-14-24(30(34)29(23)33)19-6-10-21(11-7-19)31(36)38-27-15-12-22(16-25(27)32)28-17-37-28/h4-5,8-9,12-16,19,21,26,28,35H,2-3,6-7,10-11,17H2,1H3. The van der Waals surface area contributed by atoms with E-state index in [9.17, 15) is 14.3 Å². The second-order valence-electron chi connectivity index (χ2n) is 10.2. The number of aliphatic hydroxyl groups excluding tert-OH is 1. The molecule has 0 aromatic heterocycles. The van der Waals surface area contributed by atoms with Crippen molar-refractivity contribution in [3.8, 4) is 16.9 Å². The van der Waals surface area contributed by atoms with E-state index in [1.54, 1.807) is 42.5 Å². The van der Waals surface area contributed by atoms with Crippen LogP contribution in [-0.4, -0.2) is 17.7 Å². The summed E-state index contributed by atoms with van der Waals surface area (Å²) in [5.41, 5.74) is 2.47. The first-order chi connectivity index (χ1) is 18.4. The van der Waals surface area contributed by atoms with Crippen LogP contribution in [0.4, 0.5) is 13.2 Å². The summed E-state index contributed by atoms with van der Waals surface area (Å²) in [4.78, 5) is 12.7. The average Bonchev–Trinajstić information content (AvgIpc) is 3.77. The molecule has 5 rings (SSSR count). The van der Waals surface area contributed by atoms with E-state index in [1.165, 1.54) is 12.1 Å². The van der Waals surface area contributed by atoms with Crippen molar-refractivity contribution >= 4 is 5.97 Å². The molecule has 1 saturated heterocycles. The van der Waals surface area contributed by atoms with Crippen LogP contribution in [-0.2, 0) is 9.53 Å². The summed E-state index contributed by atoms with van der Waals surface area (Å²) in [6.45, 7) is 2.55. The van der Waals surface area contributed by atoms with Crippen LogP contribution in [0.1, 0.15) is 80.3 Å². The molecule has 3 aromatic carbocycles. The zero-order chi connectivity index (χ0) is 26.8. The lowest BCUT2D eigenvalue weighted by Gasteiger charge is -2.28. The van der Waals surface area contributed by atoms with Crippen LogP contribution in [0.3, 0.4) is 0 Å². The fourth-order valence-electron chi connectivity index (χ4n) is 5.30. The van der Waals surface area contributed by atoms with Gasteiger partial charge in [0.05, 0.1) is 18.6 Å². The third-order valence-corrected chi connectivity index (χ3v) is 7.65. The highest BCUT2D eigenvalue weighted by Gasteiger charge is 2.32. The van der Waals surface area contributed by atoms with E-state index < -0.39 is 35.4 Å². The van der Waals surface area contributed by atoms with Crippen LogP contribution in [0.25, 0.3) is 11.1 Å². The molecule has 1 aliphatic carbocycles. The maximum atomic E-state index is 15.2. The molecule has 0 bridgehead atoms. The second-order valence-corrected chi connectivity index (χ2v) is 10.2. The Morgan fingerprint density at radius 1 is 1.00 bits per heavy atom. The molecule has 200 valence electrons. The zero-order valence-electron chi connectivity index (χ0n) is 21.3. The van der Waals surface area contributed by atoms with Gasteiger partial charge >= 0.3 is 5.97 Å². The van der Waals surface area contributed by atoms with Crippen molar-refractivity contribution in [1.82, 2.24) is 0 Å². The van der Waals surface area contributed by atoms with Crippen molar-refractivity contribution in [3.63, 3.8) is 0 Å². The number of epoxide rings is 1. The van der Waals surface area contributed by atoms with Gasteiger partial charge < -0.3 is 14.6 Å². The lowest BCUT2D eigenvalue weighted by molar-refractivity contribution is -0.140. The van der Waals surface area contributed by atoms with Gasteiger partial charge in [-0.1, -0.05) is 55.8 Å². The van der Waals surface area contributed by atoms with Crippen LogP contribution in [0, 0.1) is 23.4 Å². The van der Waals surface area contributed by atoms with Gasteiger partial charge in [0.1, 0.15) is 6.10 Å². The normalized spacial score (nSPS) is 21.7. The fourth-order valence-corrected chi connectivity index (χ4v) is 5.30. The Balaban J connectivity index is 1.21. The number of halogens is 3. The van der Waals surface area contributed by atoms with E-state index in [2.05, 4.69) is 0 Å². The lowest BCUT2D eigenvalue weighted by Crippen LogP contribution is -2.25. The van der Waals surface area contributed by atoms with Crippen molar-refractivity contribution in [2.45, 2.75) is 63.6 Å². The van der Waals surface area contributed by atoms with Gasteiger partial charge in [-0.2, -0.15) is 0 Å². The Morgan fingerprint density at radius 2 is 1.71 bits per heavy atom. The number of ether oxygens (including phenoxy) is 2. The van der Waals surface area contributed by atoms with Gasteiger partial charge in [0.25, 0.3) is 0 Å². The van der Waals surface area contributed by atoms with E-state index in [4.69, 9.17) is 9.47 Å². The van der Waals surface area contributed by atoms with E-state index >= 15 is 8.78 Å². The predicted molar refractivity (Wildman–Crippen MR) is 137 cm³/mol. The molecule has 1 aliphatic heterocycles. The number of carbonyl (C=O) groups excluding carboxylic acids is 1. The number of hydrogen-bond acceptors (Lipinski definition) is 4. The molecule has 2 atom stereocenters. The molecule has 1 heterocycles. The first kappa shape index (κ1) is 26.4. The molecule has 1 N–H and O–H groups in total. The number of esters is 1. The summed E-state index contributed by atoms with van der Waals surface area (Å²) in [7, 11) is 0. The van der Waals surface area contributed by atoms with Gasteiger partial charge in [-0.05, 0) is 72.4 Å². The summed E-state index contributed by atoms with van der Waals surface area (Å²) >= 11 is 0. The smallest absolute Gasteiger partial charge is 0.314 e. The van der Waals surface area contributed by atoms with Crippen LogP contribution in [0.15, 0.2) is 54.6 Å². The highest BCUT2D eigenvalue weighted by atomic mass is 19.2. The van der Waals surface area contributed by atoms with Gasteiger partial charge in [-0.15, -0.1) is 0 Å². The predicted octanol–water partition coefficient (Wildman–Crippen LogP) is 7.56. The topological polar surface area (TPSA) is 59.1 Å². The fraction of sp³-hybridized carbons (Fsp3) is 0.387. The monoisotopic (exact) mass is 524 g/mol. The molecule has 3 aromatic rings. The lowest BCUT2D eigenvalue weighted by atomic mass is 9.78. The van der Waals surface area contributed by atoms with Gasteiger partial charge in [0.2, 0.25) is 0 Å². The Labute approximate surface area is 220 Å². The minimum atomic E-state index is -0.901. The van der Waals surface area contributed by atoms with Crippen LogP contribution in [0.2, 0.25) is 0 Å². The Bertz CT molecular complexity index is 1300. The summed E-state index contributed by atoms with van der Waals surface area (Å²) in [5.74, 6) is -3.64. The molecule has 0 radical (unpaired) electrons. The SMILES string of the molecule is CCCC(O)c1ccc(-c2ccc(C3CCC(C(=O)Oc4ccc(C5CO5)cc4F)CC3)c(F)c2F)cc1. The Kier molecular flexibility index (Phi) is 7.86. The molecule has 2 fully saturated rings. The van der Waals surface area contributed by atoms with Crippen molar-refractivity contribution in [1.29, 1.82) is 0 Å². The van der Waals surface area contributed by atoms with Crippen molar-refractivity contribution in [3.05, 3.63) is 88.7 Å². The largest absolute Gasteiger partial charge is 0.423 e. The highest BCUT2D eigenvalue weighted by molar-refractivity contribution is 5.75. The molecule has 0 spiro atoms. The maximum Gasteiger partial charge on any atom is 0.314 e. The first-order valence-electron chi connectivity index (χ1n) is 13.2. The van der Waals surface area contributed by atoms with Crippen LogP contribution in [0.5, 0.6) is 5.75 Å². The highest BCUT2D eigenvalue weighted by Crippen LogP contribution is 2.40. The number of aliphatic hydroxyl groups is 1. The Hall–Kier alpha value is -3.16. The number of benzene rings is 3. The average molecular weight is 525 g/mol. The van der Waals surface area contributed by atoms with Crippen molar-refractivity contribution < 1.29 is 32.5 Å². The number of hydrogen-bond donors (Lipinski definition) is 1. The van der Waals surface area contributed by atoms with Gasteiger partial charge in [-0.3, -0.25) is 4.79 Å². The minimum absolute atomic E-state index is 0.0889. The quantitative estimate of drug-likeness (QED) is 0.188. The summed E-state index contributed by atoms with van der Waals surface area (Å²) < 4.78 is 55.1. The molecule has 1 saturated carbocycles. The first-order valence-corrected chi connectivity index (χ1v) is 13.2. The van der Waals surface area contributed by atoms with E-state index in [1.807, 2.05) is 6.92 Å². The molecule has 4 nitrogen and oxygen atoms in total. The Morgan fingerprint density at radius 3 is 2.34 bits per heavy atom. The second kappa shape index (κ2) is 11.3.